The second-order valence-corrected chi connectivity index (χ2v) is 6.78. The lowest BCUT2D eigenvalue weighted by Crippen LogP contribution is -2.50. The van der Waals surface area contributed by atoms with Crippen LogP contribution in [0.4, 0.5) is 17.1 Å². The fourth-order valence-corrected chi connectivity index (χ4v) is 3.45. The first kappa shape index (κ1) is 18.1. The summed E-state index contributed by atoms with van der Waals surface area (Å²) >= 11 is 5.48. The Kier molecular flexibility index (Phi) is 5.37. The smallest absolute Gasteiger partial charge is 0.292 e. The summed E-state index contributed by atoms with van der Waals surface area (Å²) < 4.78 is 0. The van der Waals surface area contributed by atoms with E-state index in [1.807, 2.05) is 0 Å². The van der Waals surface area contributed by atoms with E-state index in [9.17, 15) is 10.1 Å². The second kappa shape index (κ2) is 7.70. The molecular formula is C19H22N4O2S. The molecule has 0 saturated carbocycles. The van der Waals surface area contributed by atoms with Crippen molar-refractivity contribution in [3.8, 4) is 0 Å². The maximum atomic E-state index is 11.1. The third kappa shape index (κ3) is 3.77. The Labute approximate surface area is 158 Å². The highest BCUT2D eigenvalue weighted by Gasteiger charge is 2.22. The first-order chi connectivity index (χ1) is 12.5. The highest BCUT2D eigenvalue weighted by Crippen LogP contribution is 2.25. The van der Waals surface area contributed by atoms with Crippen LogP contribution in [0.5, 0.6) is 0 Å². The number of hydrogen-bond acceptors (Lipinski definition) is 4. The number of para-hydroxylation sites is 2. The van der Waals surface area contributed by atoms with E-state index in [0.29, 0.717) is 10.8 Å². The first-order valence-electron chi connectivity index (χ1n) is 8.58. The maximum absolute atomic E-state index is 11.1. The van der Waals surface area contributed by atoms with Crippen LogP contribution in [0.25, 0.3) is 0 Å². The monoisotopic (exact) mass is 370 g/mol. The van der Waals surface area contributed by atoms with Crippen molar-refractivity contribution in [2.24, 2.45) is 0 Å². The van der Waals surface area contributed by atoms with E-state index in [2.05, 4.69) is 47.2 Å². The van der Waals surface area contributed by atoms with Gasteiger partial charge in [0.25, 0.3) is 5.69 Å². The zero-order valence-corrected chi connectivity index (χ0v) is 15.8. The number of piperazine rings is 1. The Balaban J connectivity index is 1.64. The van der Waals surface area contributed by atoms with Gasteiger partial charge in [-0.2, -0.15) is 0 Å². The normalized spacial score (nSPS) is 14.2. The van der Waals surface area contributed by atoms with E-state index >= 15 is 0 Å². The lowest BCUT2D eigenvalue weighted by Gasteiger charge is -2.38. The fourth-order valence-electron chi connectivity index (χ4n) is 3.16. The van der Waals surface area contributed by atoms with Crippen LogP contribution in [-0.2, 0) is 0 Å². The topological polar surface area (TPSA) is 61.6 Å². The van der Waals surface area contributed by atoms with Crippen molar-refractivity contribution in [3.05, 3.63) is 63.7 Å². The molecule has 26 heavy (non-hydrogen) atoms. The molecule has 136 valence electrons. The molecule has 0 aromatic heterocycles. The minimum atomic E-state index is -0.399. The van der Waals surface area contributed by atoms with Gasteiger partial charge in [-0.3, -0.25) is 10.1 Å². The number of benzene rings is 2. The molecule has 0 spiro atoms. The van der Waals surface area contributed by atoms with Crippen LogP contribution in [0.3, 0.4) is 0 Å². The summed E-state index contributed by atoms with van der Waals surface area (Å²) in [4.78, 5) is 15.2. The van der Waals surface area contributed by atoms with Gasteiger partial charge in [-0.1, -0.05) is 24.3 Å². The van der Waals surface area contributed by atoms with Crippen molar-refractivity contribution in [3.63, 3.8) is 0 Å². The van der Waals surface area contributed by atoms with E-state index in [1.54, 1.807) is 18.2 Å². The third-order valence-electron chi connectivity index (χ3n) is 4.83. The lowest BCUT2D eigenvalue weighted by atomic mass is 10.1. The number of nitro groups is 1. The predicted molar refractivity (Wildman–Crippen MR) is 109 cm³/mol. The van der Waals surface area contributed by atoms with Crippen LogP contribution in [0.15, 0.2) is 42.5 Å². The zero-order chi connectivity index (χ0) is 18.7. The minimum absolute atomic E-state index is 0.0314. The summed E-state index contributed by atoms with van der Waals surface area (Å²) in [5.74, 6) is 0. The van der Waals surface area contributed by atoms with Crippen molar-refractivity contribution >= 4 is 34.4 Å². The molecule has 0 amide bonds. The molecule has 1 aliphatic heterocycles. The van der Waals surface area contributed by atoms with Gasteiger partial charge in [0.1, 0.15) is 5.69 Å². The molecule has 1 saturated heterocycles. The SMILES string of the molecule is Cc1cccc(N2CCN(C(=S)Nc3ccccc3[N+](=O)[O-])CC2)c1C. The molecule has 1 fully saturated rings. The number of aryl methyl sites for hydroxylation is 1. The molecule has 0 atom stereocenters. The first-order valence-corrected chi connectivity index (χ1v) is 8.98. The number of rotatable bonds is 3. The predicted octanol–water partition coefficient (Wildman–Crippen LogP) is 3.73. The van der Waals surface area contributed by atoms with Gasteiger partial charge < -0.3 is 15.1 Å². The Morgan fingerprint density at radius 1 is 1.08 bits per heavy atom. The van der Waals surface area contributed by atoms with E-state index in [-0.39, 0.29) is 5.69 Å². The molecule has 3 rings (SSSR count). The standard InChI is InChI=1S/C19H22N4O2S/c1-14-6-5-9-17(15(14)2)21-10-12-22(13-11-21)19(26)20-16-7-3-4-8-18(16)23(24)25/h3-9H,10-13H2,1-2H3,(H,20,26). The quantitative estimate of drug-likeness (QED) is 0.505. The van der Waals surface area contributed by atoms with Crippen LogP contribution in [0, 0.1) is 24.0 Å². The maximum Gasteiger partial charge on any atom is 0.292 e. The number of thiocarbonyl (C=S) groups is 1. The summed E-state index contributed by atoms with van der Waals surface area (Å²) in [5, 5.41) is 14.7. The summed E-state index contributed by atoms with van der Waals surface area (Å²) in [6.45, 7) is 7.56. The third-order valence-corrected chi connectivity index (χ3v) is 5.19. The van der Waals surface area contributed by atoms with Crippen LogP contribution in [-0.4, -0.2) is 41.1 Å². The van der Waals surface area contributed by atoms with E-state index < -0.39 is 4.92 Å². The molecule has 1 aliphatic rings. The van der Waals surface area contributed by atoms with Gasteiger partial charge in [0.15, 0.2) is 5.11 Å². The second-order valence-electron chi connectivity index (χ2n) is 6.40. The largest absolute Gasteiger partial charge is 0.368 e. The molecule has 2 aromatic rings. The van der Waals surface area contributed by atoms with Gasteiger partial charge in [0, 0.05) is 37.9 Å². The van der Waals surface area contributed by atoms with Crippen LogP contribution in [0.2, 0.25) is 0 Å². The van der Waals surface area contributed by atoms with Crippen molar-refractivity contribution in [2.75, 3.05) is 36.4 Å². The fraction of sp³-hybridized carbons (Fsp3) is 0.316. The summed E-state index contributed by atoms with van der Waals surface area (Å²) in [6, 6.07) is 12.9. The Morgan fingerprint density at radius 2 is 1.77 bits per heavy atom. The minimum Gasteiger partial charge on any atom is -0.368 e. The van der Waals surface area contributed by atoms with Crippen molar-refractivity contribution < 1.29 is 4.92 Å². The molecule has 0 bridgehead atoms. The molecule has 6 nitrogen and oxygen atoms in total. The van der Waals surface area contributed by atoms with Gasteiger partial charge in [-0.25, -0.2) is 0 Å². The Bertz CT molecular complexity index is 832. The van der Waals surface area contributed by atoms with Crippen LogP contribution < -0.4 is 10.2 Å². The molecule has 2 aromatic carbocycles. The molecule has 0 radical (unpaired) electrons. The summed E-state index contributed by atoms with van der Waals surface area (Å²) in [7, 11) is 0. The number of nitrogens with one attached hydrogen (secondary N) is 1. The van der Waals surface area contributed by atoms with Crippen molar-refractivity contribution in [2.45, 2.75) is 13.8 Å². The highest BCUT2D eigenvalue weighted by atomic mass is 32.1. The van der Waals surface area contributed by atoms with Gasteiger partial charge in [0.05, 0.1) is 4.92 Å². The number of nitrogens with zero attached hydrogens (tertiary/aromatic N) is 3. The average Bonchev–Trinajstić information content (AvgIpc) is 2.64. The molecule has 0 unspecified atom stereocenters. The van der Waals surface area contributed by atoms with E-state index in [4.69, 9.17) is 12.2 Å². The van der Waals surface area contributed by atoms with Gasteiger partial charge >= 0.3 is 0 Å². The van der Waals surface area contributed by atoms with Crippen LogP contribution >= 0.6 is 12.2 Å². The average molecular weight is 370 g/mol. The molecule has 0 aliphatic carbocycles. The van der Waals surface area contributed by atoms with Crippen LogP contribution in [0.1, 0.15) is 11.1 Å². The van der Waals surface area contributed by atoms with E-state index in [1.165, 1.54) is 22.9 Å². The molecule has 1 heterocycles. The molecular weight excluding hydrogens is 348 g/mol. The van der Waals surface area contributed by atoms with Gasteiger partial charge in [-0.05, 0) is 49.3 Å². The van der Waals surface area contributed by atoms with E-state index in [0.717, 1.165) is 26.2 Å². The van der Waals surface area contributed by atoms with Gasteiger partial charge in [-0.15, -0.1) is 0 Å². The number of anilines is 2. The summed E-state index contributed by atoms with van der Waals surface area (Å²) in [6.07, 6.45) is 0. The zero-order valence-electron chi connectivity index (χ0n) is 14.9. The molecule has 1 N–H and O–H groups in total. The Morgan fingerprint density at radius 3 is 2.46 bits per heavy atom. The van der Waals surface area contributed by atoms with Gasteiger partial charge in [0.2, 0.25) is 0 Å². The number of nitro benzene ring substituents is 1. The highest BCUT2D eigenvalue weighted by molar-refractivity contribution is 7.80. The lowest BCUT2D eigenvalue weighted by molar-refractivity contribution is -0.383. The Hall–Kier alpha value is -2.67. The van der Waals surface area contributed by atoms with Crippen molar-refractivity contribution in [1.82, 2.24) is 4.90 Å². The summed E-state index contributed by atoms with van der Waals surface area (Å²) in [5.41, 5.74) is 4.32. The molecule has 7 heteroatoms. The van der Waals surface area contributed by atoms with Crippen molar-refractivity contribution in [1.29, 1.82) is 0 Å². The number of hydrogen-bond donors (Lipinski definition) is 1.